The Morgan fingerprint density at radius 1 is 0.358 bits per heavy atom. The quantitative estimate of drug-likeness (QED) is 0.00902. The standard InChI is InChI=1S/C79H103IN12O26SSi/c80-120-71(110)34-39-92-66(101)45-61(79(92)118)119-40-38-84-73(112)55(89-76(115)56(91-78(117)60(88-65(100)29-33-70(108)109)44-49-16-24-53(96)25-17-49)9-3-6-37-83-75(114)58(86-63(98)27-31-68(104)105)42-47-12-20-51(94)21-13-47)8-1-4-35-81-72(111)54(90-77(116)59(87-64(99)28-32-69(106)107)43-48-14-22-52(95)23-15-48)7-2-5-36-82-74(113)57(85-62(97)26-30-67(102)103)41-46-10-18-50(93)19-11-46/h10-25,54-61,93-96H,1-9,26-45,120H2,(H,81,111)(H,82,113)(H,83,114)(H,84,112)(H,85,97)(H,86,98)(H,87,99)(H,88,100)(H,89,115)(H,90,116)(H,91,117)(H,102,103)(H,104,105)(H,106,107)(H,108,109)/t54-,55-,56-,57-,58-,59-,60-,61?/m0/s1. The summed E-state index contributed by atoms with van der Waals surface area (Å²) in [6.45, 7) is -0.570. The van der Waals surface area contributed by atoms with E-state index in [1.807, 2.05) is 21.8 Å². The predicted octanol–water partition coefficient (Wildman–Crippen LogP) is -0.0957. The Morgan fingerprint density at radius 3 is 0.917 bits per heavy atom. The fraction of sp³-hybridized carbons (Fsp3) is 0.468. The highest BCUT2D eigenvalue weighted by atomic mass is 127. The molecule has 4 aromatic rings. The van der Waals surface area contributed by atoms with Crippen molar-refractivity contribution in [1.82, 2.24) is 63.4 Å². The number of hydrogen-bond donors (Lipinski definition) is 19. The van der Waals surface area contributed by atoms with Crippen LogP contribution in [-0.4, -0.2) is 245 Å². The molecule has 652 valence electrons. The number of halogens is 1. The van der Waals surface area contributed by atoms with E-state index in [1.165, 1.54) is 97.1 Å². The average Bonchev–Trinajstić information content (AvgIpc) is 1.66. The van der Waals surface area contributed by atoms with E-state index in [0.717, 1.165) is 16.7 Å². The van der Waals surface area contributed by atoms with Gasteiger partial charge in [0.05, 0.1) is 30.9 Å². The third kappa shape index (κ3) is 38.8. The highest BCUT2D eigenvalue weighted by Gasteiger charge is 2.39. The SMILES string of the molecule is O=C(O)CCC(=O)N[C@@H](Cc1ccc(O)cc1)C(=O)NCCCC[C@H](NC(=O)[C@H](Cc1ccc(O)cc1)NC(=O)CCC(=O)O)C(=O)NCCCC[C@H](NC(=O)[C@H](CCCCNC(=O)[C@H](Cc1ccc(O)cc1)NC(=O)CCC(=O)O)NC(=O)[C@H](Cc1ccc(O)cc1)NC(=O)CCC(=O)O)C(=O)NCCSC1CC(=O)N(CCC(=O)[SiH2]I)C1=O. The second-order valence-electron chi connectivity index (χ2n) is 28.2. The Kier molecular flexibility index (Phi) is 43.6. The summed E-state index contributed by atoms with van der Waals surface area (Å²) in [4.78, 5) is 237. The minimum Gasteiger partial charge on any atom is -0.508 e. The van der Waals surface area contributed by atoms with E-state index >= 15 is 0 Å². The number of likely N-dealkylation sites (tertiary alicyclic amines) is 1. The number of thioether (sulfide) groups is 1. The number of carbonyl (C=O) groups excluding carboxylic acids is 14. The summed E-state index contributed by atoms with van der Waals surface area (Å²) in [6, 6.07) is 12.8. The zero-order chi connectivity index (χ0) is 88.2. The molecule has 4 aromatic carbocycles. The van der Waals surface area contributed by atoms with Gasteiger partial charge in [0.1, 0.15) is 70.7 Å². The lowest BCUT2D eigenvalue weighted by Crippen LogP contribution is -2.57. The molecule has 1 fully saturated rings. The van der Waals surface area contributed by atoms with Gasteiger partial charge in [0.15, 0.2) is 7.02 Å². The van der Waals surface area contributed by atoms with Crippen molar-refractivity contribution in [2.45, 2.75) is 195 Å². The number of nitrogens with one attached hydrogen (secondary N) is 11. The van der Waals surface area contributed by atoms with E-state index in [2.05, 4.69) is 58.5 Å². The van der Waals surface area contributed by atoms with Crippen LogP contribution >= 0.6 is 33.6 Å². The highest BCUT2D eigenvalue weighted by Crippen LogP contribution is 2.26. The monoisotopic (exact) mass is 1820 g/mol. The van der Waals surface area contributed by atoms with Crippen LogP contribution in [0.1, 0.15) is 144 Å². The number of nitrogens with zero attached hydrogens (tertiary/aromatic N) is 1. The lowest BCUT2D eigenvalue weighted by atomic mass is 10.0. The van der Waals surface area contributed by atoms with Crippen LogP contribution in [0.5, 0.6) is 23.0 Å². The van der Waals surface area contributed by atoms with Gasteiger partial charge >= 0.3 is 23.9 Å². The molecule has 1 saturated heterocycles. The van der Waals surface area contributed by atoms with Crippen LogP contribution in [0.4, 0.5) is 0 Å². The van der Waals surface area contributed by atoms with Gasteiger partial charge in [-0.2, -0.15) is 0 Å². The van der Waals surface area contributed by atoms with Crippen molar-refractivity contribution in [2.75, 3.05) is 38.5 Å². The third-order valence-corrected chi connectivity index (χ3v) is 23.0. The molecule has 0 radical (unpaired) electrons. The fourth-order valence-corrected chi connectivity index (χ4v) is 14.6. The highest BCUT2D eigenvalue weighted by molar-refractivity contribution is 14.1. The predicted molar refractivity (Wildman–Crippen MR) is 442 cm³/mol. The molecule has 13 amide bonds. The number of phenolic OH excluding ortho intramolecular Hbond substituents is 4. The molecule has 1 heterocycles. The largest absolute Gasteiger partial charge is 0.508 e. The zero-order valence-corrected chi connectivity index (χ0v) is 70.1. The summed E-state index contributed by atoms with van der Waals surface area (Å²) in [7, 11) is -1.06. The number of aromatic hydroxyl groups is 4. The van der Waals surface area contributed by atoms with Crippen molar-refractivity contribution < 1.29 is 127 Å². The van der Waals surface area contributed by atoms with Gasteiger partial charge in [-0.15, -0.1) is 33.6 Å². The van der Waals surface area contributed by atoms with Crippen molar-refractivity contribution in [3.05, 3.63) is 119 Å². The Bertz CT molecular complexity index is 4210. The summed E-state index contributed by atoms with van der Waals surface area (Å²) < 4.78 is 0. The van der Waals surface area contributed by atoms with Crippen molar-refractivity contribution in [3.63, 3.8) is 0 Å². The molecule has 38 nitrogen and oxygen atoms in total. The normalized spacial score (nSPS) is 14.1. The number of aliphatic carboxylic acids is 4. The minimum atomic E-state index is -1.57. The minimum absolute atomic E-state index is 0.0193. The van der Waals surface area contributed by atoms with Crippen molar-refractivity contribution in [3.8, 4) is 23.0 Å². The first-order valence-corrected chi connectivity index (χ1v) is 45.7. The summed E-state index contributed by atoms with van der Waals surface area (Å²) in [5.74, 6) is -15.4. The number of hydrogen-bond acceptors (Lipinski definition) is 23. The molecule has 5 rings (SSSR count). The van der Waals surface area contributed by atoms with E-state index in [9.17, 15) is 122 Å². The number of amides is 13. The van der Waals surface area contributed by atoms with Crippen LogP contribution in [0.3, 0.4) is 0 Å². The fourth-order valence-electron chi connectivity index (χ4n) is 12.1. The summed E-state index contributed by atoms with van der Waals surface area (Å²) in [6.07, 6.45) is -5.23. The smallest absolute Gasteiger partial charge is 0.303 e. The number of carboxylic acid groups (broad SMARTS) is 4. The summed E-state index contributed by atoms with van der Waals surface area (Å²) in [5.41, 5.74) is 1.86. The molecular formula is C79H103IN12O26SSi. The van der Waals surface area contributed by atoms with E-state index in [-0.39, 0.29) is 163 Å². The van der Waals surface area contributed by atoms with Gasteiger partial charge in [-0.05, 0) is 129 Å². The van der Waals surface area contributed by atoms with Gasteiger partial charge in [-0.25, -0.2) is 0 Å². The second kappa shape index (κ2) is 52.9. The van der Waals surface area contributed by atoms with E-state index in [4.69, 9.17) is 5.11 Å². The molecular weight excluding hydrogens is 1720 g/mol. The Labute approximate surface area is 709 Å². The van der Waals surface area contributed by atoms with Crippen LogP contribution < -0.4 is 58.5 Å². The first-order valence-electron chi connectivity index (χ1n) is 38.9. The third-order valence-electron chi connectivity index (χ3n) is 18.6. The number of phenols is 4. The molecule has 1 aliphatic heterocycles. The number of carboxylic acids is 4. The Hall–Kier alpha value is -11.8. The van der Waals surface area contributed by atoms with Gasteiger partial charge < -0.3 is 104 Å². The van der Waals surface area contributed by atoms with Gasteiger partial charge in [-0.3, -0.25) is 86.4 Å². The number of rotatable bonds is 57. The van der Waals surface area contributed by atoms with Crippen molar-refractivity contribution >= 4 is 147 Å². The van der Waals surface area contributed by atoms with Crippen LogP contribution in [-0.2, 0) is 112 Å². The lowest BCUT2D eigenvalue weighted by molar-refractivity contribution is -0.140. The van der Waals surface area contributed by atoms with Gasteiger partial charge in [0.2, 0.25) is 76.8 Å². The molecule has 0 saturated carbocycles. The van der Waals surface area contributed by atoms with Gasteiger partial charge in [-0.1, -0.05) is 48.5 Å². The van der Waals surface area contributed by atoms with Crippen LogP contribution in [0.2, 0.25) is 0 Å². The summed E-state index contributed by atoms with van der Waals surface area (Å²) in [5, 5.41) is 105. The molecule has 1 unspecified atom stereocenters. The summed E-state index contributed by atoms with van der Waals surface area (Å²) >= 11 is 3.07. The number of unbranched alkanes of at least 4 members (excludes halogenated alkanes) is 3. The first-order chi connectivity index (χ1) is 57.1. The molecule has 0 aromatic heterocycles. The topological polar surface area (TPSA) is 605 Å². The molecule has 120 heavy (non-hydrogen) atoms. The molecule has 8 atom stereocenters. The maximum atomic E-state index is 15.0. The van der Waals surface area contributed by atoms with Crippen molar-refractivity contribution in [2.24, 2.45) is 0 Å². The Morgan fingerprint density at radius 2 is 0.625 bits per heavy atom. The molecule has 0 spiro atoms. The number of benzene rings is 4. The molecule has 0 aliphatic carbocycles. The number of imide groups is 1. The first kappa shape index (κ1) is 98.8. The second-order valence-corrected chi connectivity index (χ2v) is 32.9. The molecule has 0 bridgehead atoms. The van der Waals surface area contributed by atoms with E-state index in [1.54, 1.807) is 0 Å². The average molecular weight is 1820 g/mol. The molecule has 19 N–H and O–H groups in total. The van der Waals surface area contributed by atoms with E-state index in [0.29, 0.717) is 22.3 Å². The van der Waals surface area contributed by atoms with Crippen molar-refractivity contribution in [1.29, 1.82) is 0 Å². The Balaban J connectivity index is 1.42. The molecule has 41 heteroatoms. The van der Waals surface area contributed by atoms with Crippen LogP contribution in [0.25, 0.3) is 0 Å². The van der Waals surface area contributed by atoms with Crippen LogP contribution in [0.15, 0.2) is 97.1 Å². The maximum absolute atomic E-state index is 15.0. The van der Waals surface area contributed by atoms with E-state index < -0.39 is 207 Å². The molecule has 1 aliphatic rings. The lowest BCUT2D eigenvalue weighted by Gasteiger charge is -2.26. The van der Waals surface area contributed by atoms with Crippen LogP contribution in [0, 0.1) is 0 Å². The van der Waals surface area contributed by atoms with Gasteiger partial charge in [0.25, 0.3) is 0 Å². The maximum Gasteiger partial charge on any atom is 0.303 e. The zero-order valence-electron chi connectivity index (χ0n) is 65.7. The van der Waals surface area contributed by atoms with Gasteiger partial charge in [0, 0.05) is 103 Å². The number of carbonyl (C=O) groups is 18.